The molecule has 2 aromatic rings. The molecule has 0 amide bonds. The van der Waals surface area contributed by atoms with Crippen molar-refractivity contribution in [3.8, 4) is 17.2 Å². The molecule has 1 heterocycles. The van der Waals surface area contributed by atoms with Crippen molar-refractivity contribution in [2.75, 3.05) is 37.8 Å². The highest BCUT2D eigenvalue weighted by molar-refractivity contribution is 6.30. The third-order valence-electron chi connectivity index (χ3n) is 4.37. The van der Waals surface area contributed by atoms with Crippen LogP contribution in [-0.2, 0) is 4.79 Å². The summed E-state index contributed by atoms with van der Waals surface area (Å²) in [7, 11) is 0. The molecule has 1 N–H and O–H groups in total. The molecule has 0 radical (unpaired) electrons. The maximum atomic E-state index is 10.5. The van der Waals surface area contributed by atoms with Gasteiger partial charge in [-0.3, -0.25) is 0 Å². The van der Waals surface area contributed by atoms with E-state index in [0.717, 1.165) is 30.9 Å². The molecule has 1 fully saturated rings. The molecule has 2 aromatic carbocycles. The monoisotopic (exact) mass is 405 g/mol. The second-order valence-corrected chi connectivity index (χ2v) is 6.95. The number of anilines is 1. The van der Waals surface area contributed by atoms with Gasteiger partial charge >= 0.3 is 5.97 Å². The van der Waals surface area contributed by atoms with E-state index < -0.39 is 5.97 Å². The summed E-state index contributed by atoms with van der Waals surface area (Å²) in [4.78, 5) is 12.8. The summed E-state index contributed by atoms with van der Waals surface area (Å²) in [5.74, 6) is 1.04. The first-order chi connectivity index (χ1) is 13.6. The number of nitrogens with zero attached hydrogens (tertiary/aromatic N) is 1. The molecule has 150 valence electrons. The minimum atomic E-state index is -1.01. The molecule has 0 atom stereocenters. The molecular weight excluding hydrogens is 382 g/mol. The molecule has 1 aliphatic heterocycles. The lowest BCUT2D eigenvalue weighted by Gasteiger charge is -2.21. The van der Waals surface area contributed by atoms with E-state index in [9.17, 15) is 4.79 Å². The van der Waals surface area contributed by atoms with Crippen LogP contribution < -0.4 is 19.1 Å². The van der Waals surface area contributed by atoms with Gasteiger partial charge in [-0.15, -0.1) is 0 Å². The quantitative estimate of drug-likeness (QED) is 0.596. The first-order valence-corrected chi connectivity index (χ1v) is 9.74. The van der Waals surface area contributed by atoms with Crippen molar-refractivity contribution in [3.05, 3.63) is 47.5 Å². The Kier molecular flexibility index (Phi) is 7.25. The zero-order chi connectivity index (χ0) is 19.8. The Labute approximate surface area is 169 Å². The average molecular weight is 406 g/mol. The number of halogens is 1. The Morgan fingerprint density at radius 1 is 0.964 bits per heavy atom. The van der Waals surface area contributed by atoms with Crippen molar-refractivity contribution < 1.29 is 24.1 Å². The number of carboxylic acid groups (broad SMARTS) is 1. The number of ether oxygens (including phenoxy) is 3. The predicted molar refractivity (Wildman–Crippen MR) is 108 cm³/mol. The largest absolute Gasteiger partial charge is 0.493 e. The Bertz CT molecular complexity index is 775. The Morgan fingerprint density at radius 3 is 2.29 bits per heavy atom. The lowest BCUT2D eigenvalue weighted by Crippen LogP contribution is -2.19. The van der Waals surface area contributed by atoms with Gasteiger partial charge in [-0.05, 0) is 55.3 Å². The van der Waals surface area contributed by atoms with E-state index in [4.69, 9.17) is 30.9 Å². The maximum absolute atomic E-state index is 10.5. The van der Waals surface area contributed by atoms with Crippen molar-refractivity contribution >= 4 is 23.3 Å². The zero-order valence-corrected chi connectivity index (χ0v) is 16.4. The van der Waals surface area contributed by atoms with Crippen molar-refractivity contribution in [1.29, 1.82) is 0 Å². The van der Waals surface area contributed by atoms with Gasteiger partial charge in [-0.25, -0.2) is 4.79 Å². The predicted octanol–water partition coefficient (Wildman–Crippen LogP) is 4.25. The molecule has 0 bridgehead atoms. The van der Waals surface area contributed by atoms with Crippen molar-refractivity contribution in [2.45, 2.75) is 19.3 Å². The van der Waals surface area contributed by atoms with Crippen LogP contribution in [0.5, 0.6) is 17.2 Å². The van der Waals surface area contributed by atoms with Crippen molar-refractivity contribution in [3.63, 3.8) is 0 Å². The van der Waals surface area contributed by atoms with E-state index in [-0.39, 0.29) is 6.61 Å². The number of carboxylic acids is 1. The zero-order valence-electron chi connectivity index (χ0n) is 15.6. The molecular formula is C21H24ClNO5. The lowest BCUT2D eigenvalue weighted by molar-refractivity contribution is -0.139. The van der Waals surface area contributed by atoms with E-state index in [1.807, 2.05) is 18.2 Å². The van der Waals surface area contributed by atoms with Crippen LogP contribution in [-0.4, -0.2) is 44.0 Å². The summed E-state index contributed by atoms with van der Waals surface area (Å²) >= 11 is 6.15. The normalized spacial score (nSPS) is 13.4. The van der Waals surface area contributed by atoms with Crippen LogP contribution >= 0.6 is 11.6 Å². The fourth-order valence-electron chi connectivity index (χ4n) is 3.03. The number of hydrogen-bond acceptors (Lipinski definition) is 5. The van der Waals surface area contributed by atoms with Gasteiger partial charge in [0.25, 0.3) is 0 Å². The van der Waals surface area contributed by atoms with Gasteiger partial charge in [-0.1, -0.05) is 11.6 Å². The van der Waals surface area contributed by atoms with E-state index in [1.54, 1.807) is 24.3 Å². The first kappa shape index (κ1) is 20.1. The van der Waals surface area contributed by atoms with Gasteiger partial charge in [0.2, 0.25) is 0 Å². The van der Waals surface area contributed by atoms with Gasteiger partial charge in [-0.2, -0.15) is 0 Å². The van der Waals surface area contributed by atoms with Crippen molar-refractivity contribution in [1.82, 2.24) is 0 Å². The summed E-state index contributed by atoms with van der Waals surface area (Å²) in [6.07, 6.45) is 3.12. The molecule has 28 heavy (non-hydrogen) atoms. The standard InChI is InChI=1S/C21H24ClNO5/c22-16-4-9-20(19(14-16)23-10-1-2-11-23)27-13-3-12-26-17-5-7-18(8-6-17)28-15-21(24)25/h4-9,14H,1-3,10-13,15H2,(H,24,25). The molecule has 1 saturated heterocycles. The van der Waals surface area contributed by atoms with Crippen LogP contribution in [0.2, 0.25) is 5.02 Å². The molecule has 0 aromatic heterocycles. The summed E-state index contributed by atoms with van der Waals surface area (Å²) in [5.41, 5.74) is 1.06. The summed E-state index contributed by atoms with van der Waals surface area (Å²) in [6.45, 7) is 2.77. The molecule has 3 rings (SSSR count). The highest BCUT2D eigenvalue weighted by Crippen LogP contribution is 2.33. The maximum Gasteiger partial charge on any atom is 0.341 e. The van der Waals surface area contributed by atoms with Gasteiger partial charge < -0.3 is 24.2 Å². The van der Waals surface area contributed by atoms with Gasteiger partial charge in [0.1, 0.15) is 17.2 Å². The van der Waals surface area contributed by atoms with E-state index in [1.165, 1.54) is 12.8 Å². The smallest absolute Gasteiger partial charge is 0.341 e. The average Bonchev–Trinajstić information content (AvgIpc) is 3.22. The number of aliphatic carboxylic acids is 1. The number of benzene rings is 2. The van der Waals surface area contributed by atoms with Crippen LogP contribution in [0.4, 0.5) is 5.69 Å². The van der Waals surface area contributed by atoms with Crippen molar-refractivity contribution in [2.24, 2.45) is 0 Å². The molecule has 7 heteroatoms. The van der Waals surface area contributed by atoms with Gasteiger partial charge in [0.05, 0.1) is 18.9 Å². The highest BCUT2D eigenvalue weighted by atomic mass is 35.5. The Hall–Kier alpha value is -2.60. The molecule has 0 spiro atoms. The highest BCUT2D eigenvalue weighted by Gasteiger charge is 2.17. The Balaban J connectivity index is 1.42. The fourth-order valence-corrected chi connectivity index (χ4v) is 3.19. The lowest BCUT2D eigenvalue weighted by atomic mass is 10.2. The molecule has 0 unspecified atom stereocenters. The third kappa shape index (κ3) is 5.96. The minimum absolute atomic E-state index is 0.359. The second kappa shape index (κ2) is 10.1. The van der Waals surface area contributed by atoms with E-state index >= 15 is 0 Å². The number of hydrogen-bond donors (Lipinski definition) is 1. The van der Waals surface area contributed by atoms with Crippen LogP contribution in [0.15, 0.2) is 42.5 Å². The minimum Gasteiger partial charge on any atom is -0.493 e. The summed E-state index contributed by atoms with van der Waals surface area (Å²) < 4.78 is 16.7. The van der Waals surface area contributed by atoms with Crippen LogP contribution in [0, 0.1) is 0 Å². The molecule has 0 saturated carbocycles. The SMILES string of the molecule is O=C(O)COc1ccc(OCCCOc2ccc(Cl)cc2N2CCCC2)cc1. The first-order valence-electron chi connectivity index (χ1n) is 9.36. The molecule has 6 nitrogen and oxygen atoms in total. The summed E-state index contributed by atoms with van der Waals surface area (Å²) in [5, 5.41) is 9.32. The number of rotatable bonds is 10. The van der Waals surface area contributed by atoms with Gasteiger partial charge in [0.15, 0.2) is 6.61 Å². The molecule has 1 aliphatic rings. The molecule has 0 aliphatic carbocycles. The topological polar surface area (TPSA) is 68.2 Å². The number of carbonyl (C=O) groups is 1. The van der Waals surface area contributed by atoms with E-state index in [0.29, 0.717) is 29.7 Å². The summed E-state index contributed by atoms with van der Waals surface area (Å²) in [6, 6.07) is 12.6. The van der Waals surface area contributed by atoms with Crippen LogP contribution in [0.25, 0.3) is 0 Å². The Morgan fingerprint density at radius 2 is 1.61 bits per heavy atom. The third-order valence-corrected chi connectivity index (χ3v) is 4.60. The van der Waals surface area contributed by atoms with Crippen LogP contribution in [0.1, 0.15) is 19.3 Å². The second-order valence-electron chi connectivity index (χ2n) is 6.51. The fraction of sp³-hybridized carbons (Fsp3) is 0.381. The van der Waals surface area contributed by atoms with Crippen LogP contribution in [0.3, 0.4) is 0 Å². The van der Waals surface area contributed by atoms with E-state index in [2.05, 4.69) is 4.90 Å². The van der Waals surface area contributed by atoms with Gasteiger partial charge in [0, 0.05) is 24.5 Å².